The predicted octanol–water partition coefficient (Wildman–Crippen LogP) is 1.99. The van der Waals surface area contributed by atoms with Gasteiger partial charge in [-0.3, -0.25) is 0 Å². The molecule has 1 aromatic rings. The lowest BCUT2D eigenvalue weighted by molar-refractivity contribution is 0.170. The Bertz CT molecular complexity index is 412. The molecule has 0 saturated carbocycles. The third kappa shape index (κ3) is 1.86. The standard InChI is InChI=1S/C11H10FNO2/c12-7-8-5-9(1-2-13)11-10(6-8)14-3-4-15-11/h5-6H,1,3-4,7H2. The molecule has 0 spiro atoms. The van der Waals surface area contributed by atoms with Crippen molar-refractivity contribution >= 4 is 0 Å². The van der Waals surface area contributed by atoms with Crippen LogP contribution in [0.25, 0.3) is 0 Å². The Morgan fingerprint density at radius 3 is 2.87 bits per heavy atom. The van der Waals surface area contributed by atoms with Gasteiger partial charge in [-0.1, -0.05) is 0 Å². The summed E-state index contributed by atoms with van der Waals surface area (Å²) in [5.74, 6) is 1.13. The first kappa shape index (κ1) is 9.78. The van der Waals surface area contributed by atoms with E-state index in [1.54, 1.807) is 12.1 Å². The number of rotatable bonds is 2. The van der Waals surface area contributed by atoms with E-state index in [9.17, 15) is 4.39 Å². The molecule has 1 aliphatic heterocycles. The summed E-state index contributed by atoms with van der Waals surface area (Å²) in [4.78, 5) is 0. The van der Waals surface area contributed by atoms with Crippen LogP contribution in [0.3, 0.4) is 0 Å². The minimum absolute atomic E-state index is 0.208. The second kappa shape index (κ2) is 4.18. The van der Waals surface area contributed by atoms with Crippen LogP contribution in [0.15, 0.2) is 12.1 Å². The van der Waals surface area contributed by atoms with Gasteiger partial charge in [0.1, 0.15) is 19.9 Å². The Morgan fingerprint density at radius 1 is 1.33 bits per heavy atom. The lowest BCUT2D eigenvalue weighted by atomic mass is 10.1. The highest BCUT2D eigenvalue weighted by Gasteiger charge is 2.17. The van der Waals surface area contributed by atoms with E-state index in [4.69, 9.17) is 14.7 Å². The molecule has 78 valence electrons. The predicted molar refractivity (Wildman–Crippen MR) is 51.6 cm³/mol. The Kier molecular flexibility index (Phi) is 2.72. The van der Waals surface area contributed by atoms with Gasteiger partial charge in [0.15, 0.2) is 11.5 Å². The lowest BCUT2D eigenvalue weighted by Crippen LogP contribution is -2.16. The minimum Gasteiger partial charge on any atom is -0.486 e. The zero-order valence-corrected chi connectivity index (χ0v) is 8.12. The normalized spacial score (nSPS) is 13.3. The van der Waals surface area contributed by atoms with Crippen molar-refractivity contribution in [2.45, 2.75) is 13.1 Å². The van der Waals surface area contributed by atoms with Crippen molar-refractivity contribution in [2.24, 2.45) is 0 Å². The SMILES string of the molecule is N#CCc1cc(CF)cc2c1OCCO2. The highest BCUT2D eigenvalue weighted by molar-refractivity contribution is 5.51. The summed E-state index contributed by atoms with van der Waals surface area (Å²) in [5.41, 5.74) is 1.21. The maximum absolute atomic E-state index is 12.5. The quantitative estimate of drug-likeness (QED) is 0.744. The van der Waals surface area contributed by atoms with Crippen LogP contribution in [0, 0.1) is 11.3 Å². The minimum atomic E-state index is -0.560. The fourth-order valence-electron chi connectivity index (χ4n) is 1.58. The zero-order valence-electron chi connectivity index (χ0n) is 8.12. The Balaban J connectivity index is 2.46. The summed E-state index contributed by atoms with van der Waals surface area (Å²) in [6.07, 6.45) is 0.208. The number of nitriles is 1. The molecule has 0 atom stereocenters. The third-order valence-electron chi connectivity index (χ3n) is 2.20. The Morgan fingerprint density at radius 2 is 2.13 bits per heavy atom. The Hall–Kier alpha value is -1.76. The second-order valence-corrected chi connectivity index (χ2v) is 3.25. The number of fused-ring (bicyclic) bond motifs is 1. The van der Waals surface area contributed by atoms with E-state index in [0.29, 0.717) is 35.8 Å². The molecule has 0 unspecified atom stereocenters. The number of ether oxygens (including phenoxy) is 2. The molecule has 0 aliphatic carbocycles. The monoisotopic (exact) mass is 207 g/mol. The highest BCUT2D eigenvalue weighted by Crippen LogP contribution is 2.35. The summed E-state index contributed by atoms with van der Waals surface area (Å²) in [6.45, 7) is 0.379. The van der Waals surface area contributed by atoms with Crippen LogP contribution in [0.4, 0.5) is 4.39 Å². The molecule has 0 amide bonds. The number of hydrogen-bond acceptors (Lipinski definition) is 3. The van der Waals surface area contributed by atoms with E-state index in [1.165, 1.54) is 0 Å². The van der Waals surface area contributed by atoms with Crippen LogP contribution in [0.5, 0.6) is 11.5 Å². The zero-order chi connectivity index (χ0) is 10.7. The Labute approximate surface area is 87.0 Å². The first-order chi connectivity index (χ1) is 7.35. The van der Waals surface area contributed by atoms with E-state index in [1.807, 2.05) is 6.07 Å². The van der Waals surface area contributed by atoms with Crippen molar-refractivity contribution in [3.63, 3.8) is 0 Å². The summed E-state index contributed by atoms with van der Waals surface area (Å²) in [6, 6.07) is 5.30. The topological polar surface area (TPSA) is 42.2 Å². The number of halogens is 1. The fourth-order valence-corrected chi connectivity index (χ4v) is 1.58. The lowest BCUT2D eigenvalue weighted by Gasteiger charge is -2.21. The first-order valence-corrected chi connectivity index (χ1v) is 4.69. The highest BCUT2D eigenvalue weighted by atomic mass is 19.1. The molecule has 1 heterocycles. The smallest absolute Gasteiger partial charge is 0.165 e. The number of hydrogen-bond donors (Lipinski definition) is 0. The average Bonchev–Trinajstić information content (AvgIpc) is 2.29. The van der Waals surface area contributed by atoms with Crippen LogP contribution in [0.2, 0.25) is 0 Å². The van der Waals surface area contributed by atoms with Gasteiger partial charge in [0.25, 0.3) is 0 Å². The van der Waals surface area contributed by atoms with Crippen molar-refractivity contribution < 1.29 is 13.9 Å². The van der Waals surface area contributed by atoms with Crippen molar-refractivity contribution in [2.75, 3.05) is 13.2 Å². The van der Waals surface area contributed by atoms with Gasteiger partial charge in [-0.05, 0) is 17.7 Å². The van der Waals surface area contributed by atoms with Gasteiger partial charge in [0.05, 0.1) is 12.5 Å². The van der Waals surface area contributed by atoms with E-state index >= 15 is 0 Å². The first-order valence-electron chi connectivity index (χ1n) is 4.69. The molecule has 0 fully saturated rings. The molecule has 1 aliphatic rings. The van der Waals surface area contributed by atoms with Crippen LogP contribution < -0.4 is 9.47 Å². The van der Waals surface area contributed by atoms with E-state index < -0.39 is 6.67 Å². The third-order valence-corrected chi connectivity index (χ3v) is 2.20. The molecule has 0 aromatic heterocycles. The molecule has 1 aromatic carbocycles. The van der Waals surface area contributed by atoms with Gasteiger partial charge in [-0.25, -0.2) is 4.39 Å². The molecule has 0 bridgehead atoms. The van der Waals surface area contributed by atoms with E-state index in [2.05, 4.69) is 0 Å². The molecule has 3 nitrogen and oxygen atoms in total. The number of nitrogens with zero attached hydrogens (tertiary/aromatic N) is 1. The van der Waals surface area contributed by atoms with Gasteiger partial charge in [-0.2, -0.15) is 5.26 Å². The molecule has 4 heteroatoms. The van der Waals surface area contributed by atoms with Crippen molar-refractivity contribution in [3.05, 3.63) is 23.3 Å². The van der Waals surface area contributed by atoms with Crippen LogP contribution in [-0.4, -0.2) is 13.2 Å². The largest absolute Gasteiger partial charge is 0.486 e. The average molecular weight is 207 g/mol. The molecule has 2 rings (SSSR count). The molecule has 0 N–H and O–H groups in total. The van der Waals surface area contributed by atoms with E-state index in [0.717, 1.165) is 0 Å². The summed E-state index contributed by atoms with van der Waals surface area (Å²) < 4.78 is 23.3. The van der Waals surface area contributed by atoms with Gasteiger partial charge < -0.3 is 9.47 Å². The molecule has 0 saturated heterocycles. The summed E-state index contributed by atoms with van der Waals surface area (Å²) in [7, 11) is 0. The maximum atomic E-state index is 12.5. The van der Waals surface area contributed by atoms with Crippen LogP contribution in [0.1, 0.15) is 11.1 Å². The number of benzene rings is 1. The fraction of sp³-hybridized carbons (Fsp3) is 0.364. The number of alkyl halides is 1. The molecular formula is C11H10FNO2. The van der Waals surface area contributed by atoms with Crippen molar-refractivity contribution in [1.29, 1.82) is 5.26 Å². The molecular weight excluding hydrogens is 197 g/mol. The van der Waals surface area contributed by atoms with Gasteiger partial charge in [0, 0.05) is 5.56 Å². The van der Waals surface area contributed by atoms with Crippen LogP contribution in [-0.2, 0) is 13.1 Å². The van der Waals surface area contributed by atoms with Gasteiger partial charge >= 0.3 is 0 Å². The molecule has 0 radical (unpaired) electrons. The van der Waals surface area contributed by atoms with E-state index in [-0.39, 0.29) is 6.42 Å². The van der Waals surface area contributed by atoms with Crippen molar-refractivity contribution in [1.82, 2.24) is 0 Å². The summed E-state index contributed by atoms with van der Waals surface area (Å²) >= 11 is 0. The maximum Gasteiger partial charge on any atom is 0.165 e. The second-order valence-electron chi connectivity index (χ2n) is 3.25. The molecule has 15 heavy (non-hydrogen) atoms. The summed E-state index contributed by atoms with van der Waals surface area (Å²) in [5, 5.41) is 8.64. The van der Waals surface area contributed by atoms with Crippen molar-refractivity contribution in [3.8, 4) is 17.6 Å². The van der Waals surface area contributed by atoms with Gasteiger partial charge in [-0.15, -0.1) is 0 Å². The van der Waals surface area contributed by atoms with Gasteiger partial charge in [0.2, 0.25) is 0 Å². The van der Waals surface area contributed by atoms with Crippen LogP contribution >= 0.6 is 0 Å².